The van der Waals surface area contributed by atoms with Gasteiger partial charge in [-0.3, -0.25) is 14.2 Å². The fraction of sp³-hybridized carbons (Fsp3) is 0.312. The molecule has 0 saturated heterocycles. The highest BCUT2D eigenvalue weighted by Gasteiger charge is 2.37. The largest absolute Gasteiger partial charge is 0.481 e. The van der Waals surface area contributed by atoms with E-state index in [1.54, 1.807) is 0 Å². The minimum Gasteiger partial charge on any atom is -0.481 e. The lowest BCUT2D eigenvalue weighted by Crippen LogP contribution is -2.43. The number of carbonyl (C=O) groups is 3. The lowest BCUT2D eigenvalue weighted by atomic mass is 10.2. The van der Waals surface area contributed by atoms with Gasteiger partial charge in [-0.05, 0) is 36.1 Å². The van der Waals surface area contributed by atoms with E-state index >= 15 is 0 Å². The van der Waals surface area contributed by atoms with Gasteiger partial charge in [-0.15, -0.1) is 0 Å². The molecule has 0 aliphatic carbocycles. The number of carboxylic acids is 2. The summed E-state index contributed by atoms with van der Waals surface area (Å²) in [7, 11) is -4.42. The van der Waals surface area contributed by atoms with Crippen molar-refractivity contribution >= 4 is 39.3 Å². The van der Waals surface area contributed by atoms with Crippen molar-refractivity contribution in [3.63, 3.8) is 0 Å². The number of amides is 1. The molecule has 1 heterocycles. The van der Waals surface area contributed by atoms with Crippen LogP contribution in [0.5, 0.6) is 5.88 Å². The zero-order valence-corrected chi connectivity index (χ0v) is 17.3. The van der Waals surface area contributed by atoms with Gasteiger partial charge in [0.25, 0.3) is 9.84 Å². The van der Waals surface area contributed by atoms with E-state index in [4.69, 9.17) is 26.6 Å². The number of nitrogens with one attached hydrogen (secondary N) is 1. The van der Waals surface area contributed by atoms with Gasteiger partial charge in [0.15, 0.2) is 0 Å². The SMILES string of the molecule is CC(CC(=O)NC(CC(=O)O)C(=O)O)Oc1no[n+]([O-])c1S(=O)(=O)c1ccc(Cl)cc1. The fourth-order valence-corrected chi connectivity index (χ4v) is 3.75. The number of aliphatic carboxylic acids is 2. The molecule has 13 nitrogen and oxygen atoms in total. The number of hydrogen-bond donors (Lipinski definition) is 3. The third kappa shape index (κ3) is 6.05. The van der Waals surface area contributed by atoms with Crippen LogP contribution in [0.3, 0.4) is 0 Å². The normalized spacial score (nSPS) is 13.2. The van der Waals surface area contributed by atoms with Crippen LogP contribution >= 0.6 is 11.6 Å². The van der Waals surface area contributed by atoms with Crippen LogP contribution in [-0.2, 0) is 24.2 Å². The molecule has 1 aromatic carbocycles. The molecule has 168 valence electrons. The average Bonchev–Trinajstić information content (AvgIpc) is 3.01. The molecule has 15 heteroatoms. The maximum atomic E-state index is 12.7. The van der Waals surface area contributed by atoms with E-state index in [2.05, 4.69) is 9.79 Å². The van der Waals surface area contributed by atoms with E-state index in [0.29, 0.717) is 0 Å². The second-order valence-electron chi connectivity index (χ2n) is 6.19. The van der Waals surface area contributed by atoms with Crippen molar-refractivity contribution in [1.82, 2.24) is 10.5 Å². The van der Waals surface area contributed by atoms with Crippen LogP contribution < -0.4 is 15.0 Å². The standard InChI is InChI=1S/C16H16ClN3O10S/c1-8(6-12(21)18-11(16(24)25)7-13(22)23)29-14-15(20(26)30-19-14)31(27,28)10-4-2-9(17)3-5-10/h2-5,8,11H,6-7H2,1H3,(H,18,21)(H,22,23)(H,24,25). The highest BCUT2D eigenvalue weighted by Crippen LogP contribution is 2.27. The molecule has 2 aromatic rings. The highest BCUT2D eigenvalue weighted by molar-refractivity contribution is 7.91. The Labute approximate surface area is 179 Å². The first-order valence-electron chi connectivity index (χ1n) is 8.42. The Balaban J connectivity index is 2.15. The summed E-state index contributed by atoms with van der Waals surface area (Å²) in [6.07, 6.45) is -2.45. The summed E-state index contributed by atoms with van der Waals surface area (Å²) in [5, 5.41) is 34.0. The Morgan fingerprint density at radius 3 is 2.42 bits per heavy atom. The number of benzene rings is 1. The number of aromatic nitrogens is 2. The van der Waals surface area contributed by atoms with E-state index in [1.807, 2.05) is 5.32 Å². The summed E-state index contributed by atoms with van der Waals surface area (Å²) in [6.45, 7) is 1.31. The second-order valence-corrected chi connectivity index (χ2v) is 8.49. The van der Waals surface area contributed by atoms with Gasteiger partial charge in [0.1, 0.15) is 12.1 Å². The topological polar surface area (TPSA) is 200 Å². The number of carboxylic acid groups (broad SMARTS) is 2. The molecular formula is C16H16ClN3O10S. The number of nitrogens with zero attached hydrogens (tertiary/aromatic N) is 2. The number of ether oxygens (including phenoxy) is 1. The highest BCUT2D eigenvalue weighted by atomic mass is 35.5. The zero-order chi connectivity index (χ0) is 23.3. The Bertz CT molecular complexity index is 1080. The van der Waals surface area contributed by atoms with E-state index < -0.39 is 63.6 Å². The molecule has 2 unspecified atom stereocenters. The molecule has 1 aromatic heterocycles. The van der Waals surface area contributed by atoms with Crippen molar-refractivity contribution in [2.45, 2.75) is 41.8 Å². The maximum Gasteiger partial charge on any atom is 0.415 e. The van der Waals surface area contributed by atoms with Gasteiger partial charge in [-0.2, -0.15) is 0 Å². The van der Waals surface area contributed by atoms with Gasteiger partial charge < -0.3 is 25.5 Å². The monoisotopic (exact) mass is 477 g/mol. The molecule has 2 atom stereocenters. The first-order valence-corrected chi connectivity index (χ1v) is 10.3. The Hall–Kier alpha value is -3.39. The zero-order valence-electron chi connectivity index (χ0n) is 15.7. The molecule has 0 radical (unpaired) electrons. The van der Waals surface area contributed by atoms with Crippen molar-refractivity contribution in [2.24, 2.45) is 0 Å². The number of sulfone groups is 1. The molecule has 31 heavy (non-hydrogen) atoms. The third-order valence-corrected chi connectivity index (χ3v) is 5.70. The molecule has 0 spiro atoms. The van der Waals surface area contributed by atoms with Gasteiger partial charge in [0, 0.05) is 5.02 Å². The lowest BCUT2D eigenvalue weighted by Gasteiger charge is -2.15. The van der Waals surface area contributed by atoms with Crippen molar-refractivity contribution in [1.29, 1.82) is 0 Å². The van der Waals surface area contributed by atoms with Crippen LogP contribution in [0.25, 0.3) is 0 Å². The molecule has 0 aliphatic heterocycles. The molecule has 1 amide bonds. The van der Waals surface area contributed by atoms with Crippen LogP contribution in [0.15, 0.2) is 38.8 Å². The van der Waals surface area contributed by atoms with Gasteiger partial charge in [-0.1, -0.05) is 11.6 Å². The van der Waals surface area contributed by atoms with Gasteiger partial charge >= 0.3 is 22.8 Å². The van der Waals surface area contributed by atoms with Crippen molar-refractivity contribution in [3.8, 4) is 5.88 Å². The molecule has 0 saturated carbocycles. The first-order chi connectivity index (χ1) is 14.4. The first kappa shape index (κ1) is 23.9. The predicted molar refractivity (Wildman–Crippen MR) is 98.9 cm³/mol. The molecular weight excluding hydrogens is 462 g/mol. The van der Waals surface area contributed by atoms with Gasteiger partial charge in [-0.25, -0.2) is 13.2 Å². The maximum absolute atomic E-state index is 12.7. The number of carbonyl (C=O) groups excluding carboxylic acids is 1. The van der Waals surface area contributed by atoms with Crippen LogP contribution in [-0.4, -0.2) is 53.8 Å². The smallest absolute Gasteiger partial charge is 0.415 e. The van der Waals surface area contributed by atoms with E-state index in [-0.39, 0.29) is 14.8 Å². The minimum absolute atomic E-state index is 0.262. The Kier molecular flexibility index (Phi) is 7.41. The Morgan fingerprint density at radius 2 is 1.87 bits per heavy atom. The second kappa shape index (κ2) is 9.61. The Morgan fingerprint density at radius 1 is 1.26 bits per heavy atom. The number of hydrogen-bond acceptors (Lipinski definition) is 9. The summed E-state index contributed by atoms with van der Waals surface area (Å²) < 4.78 is 35.0. The fourth-order valence-electron chi connectivity index (χ4n) is 2.36. The summed E-state index contributed by atoms with van der Waals surface area (Å²) in [6, 6.07) is 3.22. The summed E-state index contributed by atoms with van der Waals surface area (Å²) in [4.78, 5) is 33.0. The summed E-state index contributed by atoms with van der Waals surface area (Å²) in [5.74, 6) is -4.59. The van der Waals surface area contributed by atoms with Gasteiger partial charge in [0.05, 0.1) is 22.9 Å². The predicted octanol–water partition coefficient (Wildman–Crippen LogP) is -0.00430. The van der Waals surface area contributed by atoms with Crippen LogP contribution in [0.4, 0.5) is 0 Å². The quantitative estimate of drug-likeness (QED) is 0.388. The average molecular weight is 478 g/mol. The van der Waals surface area contributed by atoms with Crippen molar-refractivity contribution < 1.29 is 47.3 Å². The van der Waals surface area contributed by atoms with Gasteiger partial charge in [0.2, 0.25) is 5.91 Å². The summed E-state index contributed by atoms with van der Waals surface area (Å²) in [5.41, 5.74) is 0. The molecule has 0 aliphatic rings. The number of halogens is 1. The van der Waals surface area contributed by atoms with Crippen LogP contribution in [0.2, 0.25) is 5.02 Å². The molecule has 2 rings (SSSR count). The van der Waals surface area contributed by atoms with E-state index in [0.717, 1.165) is 12.1 Å². The van der Waals surface area contributed by atoms with Crippen molar-refractivity contribution in [3.05, 3.63) is 34.5 Å². The number of rotatable bonds is 10. The van der Waals surface area contributed by atoms with E-state index in [1.165, 1.54) is 19.1 Å². The van der Waals surface area contributed by atoms with E-state index in [9.17, 15) is 28.0 Å². The van der Waals surface area contributed by atoms with Crippen molar-refractivity contribution in [2.75, 3.05) is 0 Å². The van der Waals surface area contributed by atoms with Crippen LogP contribution in [0.1, 0.15) is 19.8 Å². The van der Waals surface area contributed by atoms with Crippen LogP contribution in [0, 0.1) is 5.21 Å². The summed E-state index contributed by atoms with van der Waals surface area (Å²) >= 11 is 5.73. The molecule has 0 bridgehead atoms. The molecule has 0 fully saturated rings. The minimum atomic E-state index is -4.42. The molecule has 3 N–H and O–H groups in total. The third-order valence-electron chi connectivity index (χ3n) is 3.72. The lowest BCUT2D eigenvalue weighted by molar-refractivity contribution is -0.832.